The number of nitrogen functional groups attached to an aromatic ring is 1. The lowest BCUT2D eigenvalue weighted by molar-refractivity contribution is -0.385. The molecule has 1 rings (SSSR count). The van der Waals surface area contributed by atoms with Gasteiger partial charge in [0.2, 0.25) is 0 Å². The minimum atomic E-state index is -0.782. The number of rotatable bonds is 4. The minimum Gasteiger partial charge on any atom is -0.397 e. The van der Waals surface area contributed by atoms with Gasteiger partial charge in [-0.2, -0.15) is 0 Å². The van der Waals surface area contributed by atoms with Gasteiger partial charge < -0.3 is 16.8 Å². The lowest BCUT2D eigenvalue weighted by Crippen LogP contribution is -2.20. The Morgan fingerprint density at radius 2 is 2.24 bits per heavy atom. The Morgan fingerprint density at radius 1 is 1.59 bits per heavy atom. The van der Waals surface area contributed by atoms with Crippen LogP contribution in [0.2, 0.25) is 0 Å². The molecule has 0 atom stereocenters. The van der Waals surface area contributed by atoms with Crippen molar-refractivity contribution in [1.82, 2.24) is 0 Å². The molecule has 0 unspecified atom stereocenters. The quantitative estimate of drug-likeness (QED) is 0.316. The average Bonchev–Trinajstić information content (AvgIpc) is 2.23. The molecule has 1 aromatic rings. The molecule has 0 heterocycles. The fraction of sp³-hybridized carbons (Fsp3) is 0.100. The van der Waals surface area contributed by atoms with Gasteiger partial charge in [0.05, 0.1) is 21.9 Å². The number of amides is 2. The van der Waals surface area contributed by atoms with E-state index in [-0.39, 0.29) is 23.5 Å². The third kappa shape index (κ3) is 2.71. The van der Waals surface area contributed by atoms with Crippen LogP contribution in [0.25, 0.3) is 0 Å². The zero-order valence-electron chi connectivity index (χ0n) is 8.97. The Labute approximate surface area is 97.2 Å². The van der Waals surface area contributed by atoms with Crippen LogP contribution in [0.5, 0.6) is 0 Å². The smallest absolute Gasteiger partial charge is 0.316 e. The maximum atomic E-state index is 10.8. The summed E-state index contributed by atoms with van der Waals surface area (Å²) in [6, 6.07) is 1.82. The van der Waals surface area contributed by atoms with Crippen LogP contribution < -0.4 is 16.8 Å². The Bertz CT molecular complexity index is 485. The lowest BCUT2D eigenvalue weighted by Gasteiger charge is -2.10. The predicted molar refractivity (Wildman–Crippen MR) is 64.6 cm³/mol. The number of hydrogen-bond acceptors (Lipinski definition) is 4. The van der Waals surface area contributed by atoms with Crippen LogP contribution in [-0.4, -0.2) is 11.0 Å². The molecule has 0 radical (unpaired) electrons. The molecule has 0 spiro atoms. The topological polar surface area (TPSA) is 124 Å². The molecular weight excluding hydrogens is 224 g/mol. The standard InChI is InChI=1S/C10H12N4O3/c1-2-3-6-8(14(16)17)5-4-7(9(6)11)13-10(12)15/h2,4-5H,1,3,11H2,(H3,12,13,15). The van der Waals surface area contributed by atoms with E-state index in [2.05, 4.69) is 11.9 Å². The van der Waals surface area contributed by atoms with E-state index in [0.717, 1.165) is 0 Å². The number of nitrogens with two attached hydrogens (primary N) is 2. The van der Waals surface area contributed by atoms with Crippen molar-refractivity contribution < 1.29 is 9.72 Å². The number of urea groups is 1. The highest BCUT2D eigenvalue weighted by molar-refractivity contribution is 5.92. The van der Waals surface area contributed by atoms with E-state index >= 15 is 0 Å². The summed E-state index contributed by atoms with van der Waals surface area (Å²) in [7, 11) is 0. The van der Waals surface area contributed by atoms with E-state index in [1.165, 1.54) is 18.2 Å². The highest BCUT2D eigenvalue weighted by atomic mass is 16.6. The number of primary amides is 1. The molecule has 1 aromatic carbocycles. The number of allylic oxidation sites excluding steroid dienone is 1. The first-order valence-corrected chi connectivity index (χ1v) is 4.70. The number of nitrogens with one attached hydrogen (secondary N) is 1. The van der Waals surface area contributed by atoms with Crippen LogP contribution in [0.3, 0.4) is 0 Å². The SMILES string of the molecule is C=CCc1c([N+](=O)[O-])ccc(NC(N)=O)c1N. The number of nitrogens with zero attached hydrogens (tertiary/aromatic N) is 1. The Kier molecular flexibility index (Phi) is 3.66. The zero-order chi connectivity index (χ0) is 13.0. The summed E-state index contributed by atoms with van der Waals surface area (Å²) in [5.74, 6) is 0. The fourth-order valence-electron chi connectivity index (χ4n) is 1.42. The van der Waals surface area contributed by atoms with Gasteiger partial charge in [0.1, 0.15) is 0 Å². The molecule has 7 nitrogen and oxygen atoms in total. The summed E-state index contributed by atoms with van der Waals surface area (Å²) >= 11 is 0. The van der Waals surface area contributed by atoms with Crippen LogP contribution in [0, 0.1) is 10.1 Å². The molecule has 0 aliphatic heterocycles. The highest BCUT2D eigenvalue weighted by Crippen LogP contribution is 2.31. The van der Waals surface area contributed by atoms with E-state index < -0.39 is 11.0 Å². The van der Waals surface area contributed by atoms with Crippen LogP contribution in [0.15, 0.2) is 24.8 Å². The normalized spacial score (nSPS) is 9.65. The number of nitro benzene ring substituents is 1. The zero-order valence-corrected chi connectivity index (χ0v) is 8.97. The maximum absolute atomic E-state index is 10.8. The summed E-state index contributed by atoms with van der Waals surface area (Å²) in [4.78, 5) is 21.0. The van der Waals surface area contributed by atoms with E-state index in [4.69, 9.17) is 11.5 Å². The minimum absolute atomic E-state index is 0.113. The van der Waals surface area contributed by atoms with Gasteiger partial charge in [0.25, 0.3) is 5.69 Å². The molecule has 0 saturated carbocycles. The number of hydrogen-bond donors (Lipinski definition) is 3. The first kappa shape index (κ1) is 12.5. The molecule has 2 amide bonds. The molecule has 0 aliphatic carbocycles. The second kappa shape index (κ2) is 4.97. The van der Waals surface area contributed by atoms with Gasteiger partial charge in [0.15, 0.2) is 0 Å². The van der Waals surface area contributed by atoms with Gasteiger partial charge in [-0.1, -0.05) is 6.08 Å². The van der Waals surface area contributed by atoms with Gasteiger partial charge in [0, 0.05) is 6.07 Å². The Balaban J connectivity index is 3.31. The Morgan fingerprint density at radius 3 is 2.71 bits per heavy atom. The summed E-state index contributed by atoms with van der Waals surface area (Å²) in [6.07, 6.45) is 1.73. The Hall–Kier alpha value is -2.57. The number of carbonyl (C=O) groups excluding carboxylic acids is 1. The van der Waals surface area contributed by atoms with Crippen molar-refractivity contribution in [2.75, 3.05) is 11.1 Å². The fourth-order valence-corrected chi connectivity index (χ4v) is 1.42. The van der Waals surface area contributed by atoms with Crippen molar-refractivity contribution in [2.45, 2.75) is 6.42 Å². The number of carbonyl (C=O) groups is 1. The average molecular weight is 236 g/mol. The van der Waals surface area contributed by atoms with Gasteiger partial charge in [-0.15, -0.1) is 6.58 Å². The van der Waals surface area contributed by atoms with Crippen molar-refractivity contribution in [3.05, 3.63) is 40.5 Å². The maximum Gasteiger partial charge on any atom is 0.316 e. The lowest BCUT2D eigenvalue weighted by atomic mass is 10.1. The van der Waals surface area contributed by atoms with Gasteiger partial charge in [-0.05, 0) is 12.5 Å². The van der Waals surface area contributed by atoms with Crippen LogP contribution in [0.4, 0.5) is 21.9 Å². The summed E-state index contributed by atoms with van der Waals surface area (Å²) < 4.78 is 0. The highest BCUT2D eigenvalue weighted by Gasteiger charge is 2.18. The van der Waals surface area contributed by atoms with Crippen molar-refractivity contribution in [3.8, 4) is 0 Å². The molecule has 0 aromatic heterocycles. The molecule has 0 saturated heterocycles. The van der Waals surface area contributed by atoms with E-state index in [9.17, 15) is 14.9 Å². The van der Waals surface area contributed by atoms with Crippen molar-refractivity contribution in [3.63, 3.8) is 0 Å². The van der Waals surface area contributed by atoms with E-state index in [1.807, 2.05) is 0 Å². The first-order valence-electron chi connectivity index (χ1n) is 4.70. The number of benzene rings is 1. The van der Waals surface area contributed by atoms with Crippen molar-refractivity contribution in [1.29, 1.82) is 0 Å². The molecule has 5 N–H and O–H groups in total. The van der Waals surface area contributed by atoms with Gasteiger partial charge >= 0.3 is 6.03 Å². The molecule has 0 aliphatic rings. The van der Waals surface area contributed by atoms with Crippen molar-refractivity contribution in [2.24, 2.45) is 5.73 Å². The van der Waals surface area contributed by atoms with Crippen LogP contribution in [0.1, 0.15) is 5.56 Å². The number of nitro groups is 1. The molecular formula is C10H12N4O3. The molecule has 90 valence electrons. The molecule has 7 heteroatoms. The van der Waals surface area contributed by atoms with Gasteiger partial charge in [-0.3, -0.25) is 10.1 Å². The summed E-state index contributed by atoms with van der Waals surface area (Å²) in [5.41, 5.74) is 11.3. The van der Waals surface area contributed by atoms with Crippen LogP contribution in [-0.2, 0) is 6.42 Å². The van der Waals surface area contributed by atoms with Crippen molar-refractivity contribution >= 4 is 23.1 Å². The van der Waals surface area contributed by atoms with Crippen LogP contribution >= 0.6 is 0 Å². The van der Waals surface area contributed by atoms with Gasteiger partial charge in [-0.25, -0.2) is 4.79 Å². The van der Waals surface area contributed by atoms with E-state index in [1.54, 1.807) is 0 Å². The first-order chi connectivity index (χ1) is 7.97. The summed E-state index contributed by atoms with van der Waals surface area (Å²) in [5, 5.41) is 13.1. The second-order valence-corrected chi connectivity index (χ2v) is 3.26. The summed E-state index contributed by atoms with van der Waals surface area (Å²) in [6.45, 7) is 3.50. The second-order valence-electron chi connectivity index (χ2n) is 3.26. The third-order valence-corrected chi connectivity index (χ3v) is 2.14. The number of anilines is 2. The molecule has 0 fully saturated rings. The largest absolute Gasteiger partial charge is 0.397 e. The molecule has 17 heavy (non-hydrogen) atoms. The third-order valence-electron chi connectivity index (χ3n) is 2.14. The monoisotopic (exact) mass is 236 g/mol. The van der Waals surface area contributed by atoms with E-state index in [0.29, 0.717) is 5.56 Å². The molecule has 0 bridgehead atoms. The predicted octanol–water partition coefficient (Wildman–Crippen LogP) is 1.40.